The molecule has 1 heterocycles. The number of nitriles is 1. The Labute approximate surface area is 174 Å². The molecule has 0 bridgehead atoms. The predicted octanol–water partition coefficient (Wildman–Crippen LogP) is 6.20. The third-order valence-electron chi connectivity index (χ3n) is 3.92. The number of rotatable bonds is 5. The maximum atomic E-state index is 13.9. The Hall–Kier alpha value is -1.91. The minimum absolute atomic E-state index is 0.0269. The first-order valence-corrected chi connectivity index (χ1v) is 9.96. The Balaban J connectivity index is 1.91. The van der Waals surface area contributed by atoms with E-state index in [9.17, 15) is 4.39 Å². The van der Waals surface area contributed by atoms with Gasteiger partial charge in [-0.25, -0.2) is 9.11 Å². The van der Waals surface area contributed by atoms with E-state index >= 15 is 0 Å². The second-order valence-electron chi connectivity index (χ2n) is 5.81. The molecule has 136 valence electrons. The minimum atomic E-state index is -0.537. The SMILES string of the molecule is Cc1cc(Br)cnc1[C@@H](NSc1ccc(C#N)c(F)c1)c1ccc(Cl)cc1. The third-order valence-corrected chi connectivity index (χ3v) is 5.45. The molecule has 0 aliphatic heterocycles. The molecule has 1 N–H and O–H groups in total. The molecule has 3 aromatic rings. The van der Waals surface area contributed by atoms with Crippen LogP contribution in [0, 0.1) is 24.1 Å². The Morgan fingerprint density at radius 3 is 2.59 bits per heavy atom. The van der Waals surface area contributed by atoms with Crippen molar-refractivity contribution in [1.82, 2.24) is 9.71 Å². The highest BCUT2D eigenvalue weighted by Crippen LogP contribution is 2.30. The van der Waals surface area contributed by atoms with E-state index in [1.165, 1.54) is 24.1 Å². The first-order chi connectivity index (χ1) is 13.0. The summed E-state index contributed by atoms with van der Waals surface area (Å²) in [6, 6.07) is 15.6. The van der Waals surface area contributed by atoms with Crippen molar-refractivity contribution in [3.8, 4) is 6.07 Å². The molecule has 7 heteroatoms. The van der Waals surface area contributed by atoms with E-state index in [0.29, 0.717) is 9.92 Å². The fourth-order valence-corrected chi connectivity index (χ4v) is 3.94. The molecule has 1 atom stereocenters. The average molecular weight is 463 g/mol. The summed E-state index contributed by atoms with van der Waals surface area (Å²) in [4.78, 5) is 5.23. The van der Waals surface area contributed by atoms with Gasteiger partial charge < -0.3 is 0 Å². The Morgan fingerprint density at radius 2 is 1.96 bits per heavy atom. The normalized spacial score (nSPS) is 11.8. The van der Waals surface area contributed by atoms with Crippen molar-refractivity contribution in [2.75, 3.05) is 0 Å². The average Bonchev–Trinajstić information content (AvgIpc) is 2.64. The zero-order valence-corrected chi connectivity index (χ0v) is 17.4. The number of aromatic nitrogens is 1. The summed E-state index contributed by atoms with van der Waals surface area (Å²) >= 11 is 10.7. The van der Waals surface area contributed by atoms with Gasteiger partial charge >= 0.3 is 0 Å². The quantitative estimate of drug-likeness (QED) is 0.458. The molecule has 1 aromatic heterocycles. The molecule has 0 fully saturated rings. The molecule has 0 saturated carbocycles. The summed E-state index contributed by atoms with van der Waals surface area (Å²) in [5, 5.41) is 9.52. The van der Waals surface area contributed by atoms with Crippen LogP contribution in [-0.4, -0.2) is 4.98 Å². The standard InChI is InChI=1S/C20H14BrClFN3S/c1-12-8-15(21)11-25-19(12)20(13-2-5-16(22)6-3-13)26-27-17-7-4-14(10-24)18(23)9-17/h2-9,11,20,26H,1H3/t20-/m0/s1. The minimum Gasteiger partial charge on any atom is -0.258 e. The van der Waals surface area contributed by atoms with E-state index < -0.39 is 5.82 Å². The summed E-state index contributed by atoms with van der Waals surface area (Å²) in [5.74, 6) is -0.537. The summed E-state index contributed by atoms with van der Waals surface area (Å²) in [6.45, 7) is 1.99. The lowest BCUT2D eigenvalue weighted by Gasteiger charge is -2.20. The van der Waals surface area contributed by atoms with Crippen molar-refractivity contribution in [2.45, 2.75) is 17.9 Å². The third kappa shape index (κ3) is 4.88. The van der Waals surface area contributed by atoms with E-state index in [1.54, 1.807) is 12.3 Å². The van der Waals surface area contributed by atoms with Gasteiger partial charge in [0.05, 0.1) is 17.3 Å². The van der Waals surface area contributed by atoms with Crippen LogP contribution < -0.4 is 4.72 Å². The zero-order valence-electron chi connectivity index (χ0n) is 14.2. The number of pyridine rings is 1. The number of nitrogens with one attached hydrogen (secondary N) is 1. The molecule has 0 aliphatic carbocycles. The highest BCUT2D eigenvalue weighted by molar-refractivity contribution is 9.10. The number of nitrogens with zero attached hydrogens (tertiary/aromatic N) is 2. The Kier molecular flexibility index (Phi) is 6.51. The van der Waals surface area contributed by atoms with Gasteiger partial charge in [0, 0.05) is 20.6 Å². The number of halogens is 3. The van der Waals surface area contributed by atoms with Gasteiger partial charge in [-0.15, -0.1) is 0 Å². The van der Waals surface area contributed by atoms with Gasteiger partial charge in [0.1, 0.15) is 11.9 Å². The fourth-order valence-electron chi connectivity index (χ4n) is 2.57. The van der Waals surface area contributed by atoms with Gasteiger partial charge in [-0.3, -0.25) is 4.98 Å². The van der Waals surface area contributed by atoms with Crippen LogP contribution in [0.1, 0.15) is 28.4 Å². The van der Waals surface area contributed by atoms with Gasteiger partial charge in [0.2, 0.25) is 0 Å². The van der Waals surface area contributed by atoms with E-state index in [0.717, 1.165) is 21.3 Å². The molecule has 0 spiro atoms. The zero-order chi connectivity index (χ0) is 19.4. The lowest BCUT2D eigenvalue weighted by Crippen LogP contribution is -2.18. The van der Waals surface area contributed by atoms with Crippen LogP contribution in [0.2, 0.25) is 5.02 Å². The molecule has 0 aliphatic rings. The van der Waals surface area contributed by atoms with Crippen LogP contribution in [0.25, 0.3) is 0 Å². The molecule has 3 nitrogen and oxygen atoms in total. The summed E-state index contributed by atoms with van der Waals surface area (Å²) in [7, 11) is 0. The largest absolute Gasteiger partial charge is 0.258 e. The Morgan fingerprint density at radius 1 is 1.22 bits per heavy atom. The number of aryl methyl sites for hydroxylation is 1. The molecular weight excluding hydrogens is 449 g/mol. The maximum absolute atomic E-state index is 13.9. The molecule has 27 heavy (non-hydrogen) atoms. The predicted molar refractivity (Wildman–Crippen MR) is 110 cm³/mol. The molecular formula is C20H14BrClFN3S. The van der Waals surface area contributed by atoms with Crippen LogP contribution in [-0.2, 0) is 0 Å². The Bertz CT molecular complexity index is 1010. The van der Waals surface area contributed by atoms with E-state index in [2.05, 4.69) is 25.6 Å². The van der Waals surface area contributed by atoms with Crippen LogP contribution in [0.15, 0.2) is 64.1 Å². The second kappa shape index (κ2) is 8.85. The lowest BCUT2D eigenvalue weighted by atomic mass is 10.0. The van der Waals surface area contributed by atoms with Gasteiger partial charge in [-0.05, 0) is 82.3 Å². The maximum Gasteiger partial charge on any atom is 0.142 e. The molecule has 0 radical (unpaired) electrons. The first kappa shape index (κ1) is 19.8. The van der Waals surface area contributed by atoms with Gasteiger partial charge in [-0.2, -0.15) is 5.26 Å². The van der Waals surface area contributed by atoms with Gasteiger partial charge in [0.15, 0.2) is 0 Å². The topological polar surface area (TPSA) is 48.7 Å². The van der Waals surface area contributed by atoms with Crippen molar-refractivity contribution in [1.29, 1.82) is 5.26 Å². The smallest absolute Gasteiger partial charge is 0.142 e. The number of hydrogen-bond acceptors (Lipinski definition) is 4. The van der Waals surface area contributed by atoms with Crippen molar-refractivity contribution in [3.05, 3.63) is 92.4 Å². The van der Waals surface area contributed by atoms with Crippen molar-refractivity contribution in [2.24, 2.45) is 0 Å². The molecule has 0 unspecified atom stereocenters. The van der Waals surface area contributed by atoms with Crippen LogP contribution in [0.5, 0.6) is 0 Å². The summed E-state index contributed by atoms with van der Waals surface area (Å²) < 4.78 is 18.1. The number of benzene rings is 2. The number of hydrogen-bond donors (Lipinski definition) is 1. The van der Waals surface area contributed by atoms with E-state index in [4.69, 9.17) is 16.9 Å². The van der Waals surface area contributed by atoms with Crippen molar-refractivity contribution in [3.63, 3.8) is 0 Å². The lowest BCUT2D eigenvalue weighted by molar-refractivity contribution is 0.620. The summed E-state index contributed by atoms with van der Waals surface area (Å²) in [5.41, 5.74) is 2.89. The van der Waals surface area contributed by atoms with Crippen molar-refractivity contribution < 1.29 is 4.39 Å². The van der Waals surface area contributed by atoms with Crippen LogP contribution >= 0.6 is 39.5 Å². The van der Waals surface area contributed by atoms with Gasteiger partial charge in [-0.1, -0.05) is 23.7 Å². The molecule has 2 aromatic carbocycles. The highest BCUT2D eigenvalue weighted by Gasteiger charge is 2.18. The fraction of sp³-hybridized carbons (Fsp3) is 0.100. The van der Waals surface area contributed by atoms with E-state index in [1.807, 2.05) is 43.3 Å². The second-order valence-corrected chi connectivity index (χ2v) is 8.08. The molecule has 0 amide bonds. The van der Waals surface area contributed by atoms with Crippen LogP contribution in [0.4, 0.5) is 4.39 Å². The van der Waals surface area contributed by atoms with Crippen LogP contribution in [0.3, 0.4) is 0 Å². The highest BCUT2D eigenvalue weighted by atomic mass is 79.9. The van der Waals surface area contributed by atoms with E-state index in [-0.39, 0.29) is 11.6 Å². The first-order valence-electron chi connectivity index (χ1n) is 7.97. The molecule has 0 saturated heterocycles. The summed E-state index contributed by atoms with van der Waals surface area (Å²) in [6.07, 6.45) is 1.75. The monoisotopic (exact) mass is 461 g/mol. The van der Waals surface area contributed by atoms with Gasteiger partial charge in [0.25, 0.3) is 0 Å². The van der Waals surface area contributed by atoms with Crippen molar-refractivity contribution >= 4 is 39.5 Å². The molecule has 3 rings (SSSR count).